The van der Waals surface area contributed by atoms with Gasteiger partial charge in [0.15, 0.2) is 0 Å². The number of hydrogen-bond donors (Lipinski definition) is 1. The monoisotopic (exact) mass is 440 g/mol. The van der Waals surface area contributed by atoms with Crippen molar-refractivity contribution < 1.29 is 19.4 Å². The highest BCUT2D eigenvalue weighted by molar-refractivity contribution is 5.78. The molecule has 0 rings (SSSR count). The van der Waals surface area contributed by atoms with Crippen LogP contribution in [0.1, 0.15) is 137 Å². The molecule has 0 aliphatic rings. The first-order valence-corrected chi connectivity index (χ1v) is 13.4. The highest BCUT2D eigenvalue weighted by Gasteiger charge is 2.26. The molecule has 1 N–H and O–H groups in total. The van der Waals surface area contributed by atoms with Crippen LogP contribution in [0.3, 0.4) is 0 Å². The van der Waals surface area contributed by atoms with Gasteiger partial charge in [0.25, 0.3) is 0 Å². The molecule has 4 heteroatoms. The molecule has 3 unspecified atom stereocenters. The van der Waals surface area contributed by atoms with E-state index in [9.17, 15) is 14.7 Å². The normalized spacial score (nSPS) is 14.2. The van der Waals surface area contributed by atoms with Gasteiger partial charge in [0.05, 0.1) is 18.9 Å². The van der Waals surface area contributed by atoms with Crippen LogP contribution < -0.4 is 0 Å². The Morgan fingerprint density at radius 2 is 1.19 bits per heavy atom. The van der Waals surface area contributed by atoms with E-state index in [1.54, 1.807) is 0 Å². The Labute approximate surface area is 192 Å². The zero-order chi connectivity index (χ0) is 23.3. The lowest BCUT2D eigenvalue weighted by molar-refractivity contribution is -0.153. The van der Waals surface area contributed by atoms with E-state index in [1.165, 1.54) is 51.4 Å². The molecule has 0 aliphatic heterocycles. The molecular weight excluding hydrogens is 388 g/mol. The fourth-order valence-corrected chi connectivity index (χ4v) is 4.55. The minimum absolute atomic E-state index is 0.0131. The molecule has 0 spiro atoms. The second-order valence-electron chi connectivity index (χ2n) is 9.52. The van der Waals surface area contributed by atoms with Crippen molar-refractivity contribution in [2.45, 2.75) is 137 Å². The molecule has 0 heterocycles. The van der Waals surface area contributed by atoms with Crippen molar-refractivity contribution in [2.75, 3.05) is 6.61 Å². The minimum atomic E-state index is -0.856. The molecule has 0 fully saturated rings. The van der Waals surface area contributed by atoms with Crippen molar-refractivity contribution in [2.24, 2.45) is 17.8 Å². The number of unbranched alkanes of at least 4 members (excludes halogenated alkanes) is 7. The van der Waals surface area contributed by atoms with Crippen molar-refractivity contribution in [1.29, 1.82) is 0 Å². The largest absolute Gasteiger partial charge is 0.481 e. The first-order valence-electron chi connectivity index (χ1n) is 13.4. The number of carboxylic acid groups (broad SMARTS) is 1. The van der Waals surface area contributed by atoms with Crippen LogP contribution in [0, 0.1) is 17.8 Å². The maximum atomic E-state index is 12.4. The Balaban J connectivity index is 4.46. The molecule has 3 atom stereocenters. The first-order chi connectivity index (χ1) is 15.0. The molecule has 0 radical (unpaired) electrons. The molecule has 0 bridgehead atoms. The average molecular weight is 441 g/mol. The molecule has 0 aromatic rings. The van der Waals surface area contributed by atoms with Crippen molar-refractivity contribution in [1.82, 2.24) is 0 Å². The van der Waals surface area contributed by atoms with Crippen LogP contribution in [0.25, 0.3) is 0 Å². The lowest BCUT2D eigenvalue weighted by atomic mass is 9.86. The lowest BCUT2D eigenvalue weighted by Crippen LogP contribution is -2.24. The zero-order valence-electron chi connectivity index (χ0n) is 21.1. The number of hydrogen-bond acceptors (Lipinski definition) is 3. The van der Waals surface area contributed by atoms with Crippen LogP contribution in [-0.2, 0) is 14.3 Å². The number of esters is 1. The van der Waals surface area contributed by atoms with Crippen molar-refractivity contribution in [3.8, 4) is 0 Å². The van der Waals surface area contributed by atoms with Crippen molar-refractivity contribution >= 4 is 11.9 Å². The Morgan fingerprint density at radius 3 is 1.81 bits per heavy atom. The topological polar surface area (TPSA) is 63.6 Å². The van der Waals surface area contributed by atoms with Gasteiger partial charge in [0, 0.05) is 0 Å². The predicted molar refractivity (Wildman–Crippen MR) is 130 cm³/mol. The number of carbonyl (C=O) groups is 2. The van der Waals surface area contributed by atoms with Gasteiger partial charge >= 0.3 is 11.9 Å². The van der Waals surface area contributed by atoms with E-state index in [2.05, 4.69) is 27.7 Å². The third-order valence-electron chi connectivity index (χ3n) is 6.44. The standard InChI is InChI=1S/C27H52O4/c1-5-9-11-12-13-15-19-24(17-8-4)22-31-26(28)21-25(27(29)30)20-23(16-7-3)18-14-10-6-2/h23-25H,5-22H2,1-4H3,(H,29,30). The van der Waals surface area contributed by atoms with Gasteiger partial charge in [-0.1, -0.05) is 111 Å². The molecule has 0 aliphatic carbocycles. The van der Waals surface area contributed by atoms with E-state index in [0.717, 1.165) is 44.9 Å². The summed E-state index contributed by atoms with van der Waals surface area (Å²) in [6.45, 7) is 9.18. The number of rotatable bonds is 22. The Kier molecular flexibility index (Phi) is 20.1. The van der Waals surface area contributed by atoms with Crippen molar-refractivity contribution in [3.63, 3.8) is 0 Å². The number of carboxylic acids is 1. The summed E-state index contributed by atoms with van der Waals surface area (Å²) in [5.74, 6) is -1.00. The summed E-state index contributed by atoms with van der Waals surface area (Å²) in [4.78, 5) is 24.2. The van der Waals surface area contributed by atoms with Gasteiger partial charge in [0.1, 0.15) is 0 Å². The zero-order valence-corrected chi connectivity index (χ0v) is 21.1. The number of aliphatic carboxylic acids is 1. The third kappa shape index (κ3) is 17.2. The molecule has 184 valence electrons. The van der Waals surface area contributed by atoms with Gasteiger partial charge in [0.2, 0.25) is 0 Å². The molecule has 4 nitrogen and oxygen atoms in total. The summed E-state index contributed by atoms with van der Waals surface area (Å²) >= 11 is 0. The van der Waals surface area contributed by atoms with Gasteiger partial charge in [-0.05, 0) is 31.1 Å². The number of carbonyl (C=O) groups excluding carboxylic acids is 1. The molecular formula is C27H52O4. The van der Waals surface area contributed by atoms with Crippen LogP contribution in [0.2, 0.25) is 0 Å². The Morgan fingerprint density at radius 1 is 0.677 bits per heavy atom. The van der Waals surface area contributed by atoms with Crippen molar-refractivity contribution in [3.05, 3.63) is 0 Å². The minimum Gasteiger partial charge on any atom is -0.481 e. The second kappa shape index (κ2) is 20.8. The molecule has 0 amide bonds. The maximum absolute atomic E-state index is 12.4. The Bertz CT molecular complexity index is 435. The predicted octanol–water partition coefficient (Wildman–Crippen LogP) is 8.17. The van der Waals surface area contributed by atoms with Crippen LogP contribution >= 0.6 is 0 Å². The van der Waals surface area contributed by atoms with Gasteiger partial charge in [-0.15, -0.1) is 0 Å². The molecule has 0 aromatic heterocycles. The van der Waals surface area contributed by atoms with Crippen LogP contribution in [0.15, 0.2) is 0 Å². The lowest BCUT2D eigenvalue weighted by Gasteiger charge is -2.21. The molecule has 0 saturated heterocycles. The summed E-state index contributed by atoms with van der Waals surface area (Å²) in [7, 11) is 0. The fourth-order valence-electron chi connectivity index (χ4n) is 4.55. The van der Waals surface area contributed by atoms with E-state index in [1.807, 2.05) is 0 Å². The summed E-state index contributed by atoms with van der Waals surface area (Å²) in [5.41, 5.74) is 0. The van der Waals surface area contributed by atoms with E-state index in [-0.39, 0.29) is 12.4 Å². The fraction of sp³-hybridized carbons (Fsp3) is 0.926. The second-order valence-corrected chi connectivity index (χ2v) is 9.52. The van der Waals surface area contributed by atoms with Gasteiger partial charge in [-0.2, -0.15) is 0 Å². The molecule has 0 aromatic carbocycles. The summed E-state index contributed by atoms with van der Waals surface area (Å²) in [6, 6.07) is 0. The highest BCUT2D eigenvalue weighted by atomic mass is 16.5. The molecule has 31 heavy (non-hydrogen) atoms. The van der Waals surface area contributed by atoms with Gasteiger partial charge < -0.3 is 9.84 Å². The van der Waals surface area contributed by atoms with E-state index in [0.29, 0.717) is 24.9 Å². The van der Waals surface area contributed by atoms with E-state index in [4.69, 9.17) is 4.74 Å². The first kappa shape index (κ1) is 29.9. The maximum Gasteiger partial charge on any atom is 0.307 e. The van der Waals surface area contributed by atoms with Crippen LogP contribution in [0.5, 0.6) is 0 Å². The van der Waals surface area contributed by atoms with E-state index < -0.39 is 11.9 Å². The third-order valence-corrected chi connectivity index (χ3v) is 6.44. The van der Waals surface area contributed by atoms with Crippen LogP contribution in [-0.4, -0.2) is 23.7 Å². The summed E-state index contributed by atoms with van der Waals surface area (Å²) in [6.07, 6.45) is 18.2. The van der Waals surface area contributed by atoms with Crippen LogP contribution in [0.4, 0.5) is 0 Å². The SMILES string of the molecule is CCCCCCCCC(CCC)COC(=O)CC(CC(CCC)CCCCC)C(=O)O. The average Bonchev–Trinajstić information content (AvgIpc) is 2.74. The summed E-state index contributed by atoms with van der Waals surface area (Å²) < 4.78 is 5.57. The van der Waals surface area contributed by atoms with E-state index >= 15 is 0 Å². The smallest absolute Gasteiger partial charge is 0.307 e. The summed E-state index contributed by atoms with van der Waals surface area (Å²) in [5, 5.41) is 9.67. The highest BCUT2D eigenvalue weighted by Crippen LogP contribution is 2.26. The Hall–Kier alpha value is -1.06. The van der Waals surface area contributed by atoms with Gasteiger partial charge in [-0.3, -0.25) is 9.59 Å². The molecule has 0 saturated carbocycles. The quantitative estimate of drug-likeness (QED) is 0.136. The number of ether oxygens (including phenoxy) is 1. The van der Waals surface area contributed by atoms with Gasteiger partial charge in [-0.25, -0.2) is 0 Å².